The Balaban J connectivity index is 1.92. The minimum atomic E-state index is -0.674. The summed E-state index contributed by atoms with van der Waals surface area (Å²) in [6.07, 6.45) is 2.08. The molecule has 0 aliphatic carbocycles. The van der Waals surface area contributed by atoms with Crippen molar-refractivity contribution < 1.29 is 28.6 Å². The molecule has 1 aliphatic rings. The molecule has 2 aromatic rings. The van der Waals surface area contributed by atoms with Gasteiger partial charge >= 0.3 is 5.97 Å². The fraction of sp³-hybridized carbons (Fsp3) is 0.444. The van der Waals surface area contributed by atoms with E-state index in [1.807, 2.05) is 32.0 Å². The van der Waals surface area contributed by atoms with Crippen molar-refractivity contribution in [3.05, 3.63) is 54.1 Å². The van der Waals surface area contributed by atoms with Crippen molar-refractivity contribution >= 4 is 23.5 Å². The van der Waals surface area contributed by atoms with Crippen LogP contribution < -0.4 is 19.7 Å². The molecular formula is C27H34N2O6. The fourth-order valence-corrected chi connectivity index (χ4v) is 4.46. The molecule has 0 bridgehead atoms. The van der Waals surface area contributed by atoms with Crippen LogP contribution in [0.1, 0.15) is 51.1 Å². The zero-order valence-corrected chi connectivity index (χ0v) is 20.8. The molecule has 2 unspecified atom stereocenters. The lowest BCUT2D eigenvalue weighted by Crippen LogP contribution is -2.46. The topological polar surface area (TPSA) is 94.2 Å². The number of benzene rings is 2. The van der Waals surface area contributed by atoms with E-state index in [-0.39, 0.29) is 30.9 Å². The lowest BCUT2D eigenvalue weighted by atomic mass is 9.83. The largest absolute Gasteiger partial charge is 0.497 e. The number of nitrogens with zero attached hydrogens (tertiary/aromatic N) is 1. The highest BCUT2D eigenvalue weighted by Gasteiger charge is 2.43. The van der Waals surface area contributed by atoms with Gasteiger partial charge in [0.05, 0.1) is 26.2 Å². The monoisotopic (exact) mass is 482 g/mol. The highest BCUT2D eigenvalue weighted by Crippen LogP contribution is 2.43. The first-order chi connectivity index (χ1) is 16.9. The van der Waals surface area contributed by atoms with E-state index in [0.717, 1.165) is 12.8 Å². The number of amides is 2. The van der Waals surface area contributed by atoms with Crippen LogP contribution in [-0.2, 0) is 19.1 Å². The van der Waals surface area contributed by atoms with Gasteiger partial charge in [-0.05, 0) is 49.6 Å². The lowest BCUT2D eigenvalue weighted by Gasteiger charge is -2.40. The minimum absolute atomic E-state index is 0.0420. The molecule has 35 heavy (non-hydrogen) atoms. The number of para-hydroxylation sites is 1. The first-order valence-corrected chi connectivity index (χ1v) is 12.0. The number of carbonyl (C=O) groups excluding carboxylic acids is 3. The van der Waals surface area contributed by atoms with E-state index >= 15 is 0 Å². The van der Waals surface area contributed by atoms with E-state index in [1.165, 1.54) is 0 Å². The SMILES string of the molecule is CCC(CC)NC(=O)COC(=O)C1CCC(=O)N(c2ccc(OC)cc2)C1c1ccccc1OC. The maximum absolute atomic E-state index is 13.3. The number of carbonyl (C=O) groups is 3. The van der Waals surface area contributed by atoms with Gasteiger partial charge in [-0.15, -0.1) is 0 Å². The third kappa shape index (κ3) is 6.12. The van der Waals surface area contributed by atoms with E-state index in [9.17, 15) is 14.4 Å². The van der Waals surface area contributed by atoms with E-state index in [4.69, 9.17) is 14.2 Å². The Labute approximate surface area is 206 Å². The molecule has 1 N–H and O–H groups in total. The van der Waals surface area contributed by atoms with Crippen molar-refractivity contribution in [2.45, 2.75) is 51.6 Å². The Morgan fingerprint density at radius 1 is 1.03 bits per heavy atom. The Hall–Kier alpha value is -3.55. The van der Waals surface area contributed by atoms with Crippen LogP contribution in [-0.4, -0.2) is 44.7 Å². The van der Waals surface area contributed by atoms with Gasteiger partial charge in [-0.3, -0.25) is 14.4 Å². The smallest absolute Gasteiger partial charge is 0.311 e. The molecule has 1 aliphatic heterocycles. The van der Waals surface area contributed by atoms with Crippen LogP contribution in [0.25, 0.3) is 0 Å². The van der Waals surface area contributed by atoms with Crippen LogP contribution in [0.3, 0.4) is 0 Å². The quantitative estimate of drug-likeness (QED) is 0.514. The van der Waals surface area contributed by atoms with Crippen molar-refractivity contribution in [2.24, 2.45) is 5.92 Å². The maximum Gasteiger partial charge on any atom is 0.311 e. The van der Waals surface area contributed by atoms with Gasteiger partial charge in [-0.2, -0.15) is 0 Å². The second kappa shape index (κ2) is 12.2. The highest BCUT2D eigenvalue weighted by molar-refractivity contribution is 5.97. The van der Waals surface area contributed by atoms with Crippen molar-refractivity contribution in [1.82, 2.24) is 5.32 Å². The number of rotatable bonds is 10. The molecule has 1 saturated heterocycles. The van der Waals surface area contributed by atoms with Crippen LogP contribution in [0.4, 0.5) is 5.69 Å². The molecule has 8 nitrogen and oxygen atoms in total. The third-order valence-electron chi connectivity index (χ3n) is 6.40. The number of hydrogen-bond acceptors (Lipinski definition) is 6. The van der Waals surface area contributed by atoms with Crippen molar-refractivity contribution in [2.75, 3.05) is 25.7 Å². The molecule has 0 spiro atoms. The number of ether oxygens (including phenoxy) is 3. The number of methoxy groups -OCH3 is 2. The van der Waals surface area contributed by atoms with Gasteiger partial charge in [0.2, 0.25) is 5.91 Å². The third-order valence-corrected chi connectivity index (χ3v) is 6.40. The van der Waals surface area contributed by atoms with Gasteiger partial charge in [-0.1, -0.05) is 32.0 Å². The number of nitrogens with one attached hydrogen (secondary N) is 1. The summed E-state index contributed by atoms with van der Waals surface area (Å²) in [6.45, 7) is 3.62. The predicted molar refractivity (Wildman–Crippen MR) is 132 cm³/mol. The molecule has 1 heterocycles. The fourth-order valence-electron chi connectivity index (χ4n) is 4.46. The Morgan fingerprint density at radius 3 is 2.34 bits per heavy atom. The van der Waals surface area contributed by atoms with E-state index in [2.05, 4.69) is 5.32 Å². The Kier molecular flexibility index (Phi) is 9.11. The van der Waals surface area contributed by atoms with Crippen molar-refractivity contribution in [3.63, 3.8) is 0 Å². The molecule has 3 rings (SSSR count). The van der Waals surface area contributed by atoms with Crippen LogP contribution in [0.15, 0.2) is 48.5 Å². The number of hydrogen-bond donors (Lipinski definition) is 1. The van der Waals surface area contributed by atoms with Gasteiger partial charge in [0, 0.05) is 23.7 Å². The van der Waals surface area contributed by atoms with Crippen molar-refractivity contribution in [1.29, 1.82) is 0 Å². The van der Waals surface area contributed by atoms with Crippen LogP contribution in [0.5, 0.6) is 11.5 Å². The van der Waals surface area contributed by atoms with E-state index in [0.29, 0.717) is 29.2 Å². The summed E-state index contributed by atoms with van der Waals surface area (Å²) in [4.78, 5) is 40.4. The molecular weight excluding hydrogens is 448 g/mol. The molecule has 2 amide bonds. The summed E-state index contributed by atoms with van der Waals surface area (Å²) in [5.41, 5.74) is 1.33. The van der Waals surface area contributed by atoms with Crippen LogP contribution in [0, 0.1) is 5.92 Å². The maximum atomic E-state index is 13.3. The highest BCUT2D eigenvalue weighted by atomic mass is 16.5. The Bertz CT molecular complexity index is 1020. The second-order valence-electron chi connectivity index (χ2n) is 8.48. The summed E-state index contributed by atoms with van der Waals surface area (Å²) in [6, 6.07) is 13.8. The predicted octanol–water partition coefficient (Wildman–Crippen LogP) is 4.04. The van der Waals surface area contributed by atoms with Crippen molar-refractivity contribution in [3.8, 4) is 11.5 Å². The Morgan fingerprint density at radius 2 is 1.71 bits per heavy atom. The summed E-state index contributed by atoms with van der Waals surface area (Å²) >= 11 is 0. The molecule has 0 saturated carbocycles. The van der Waals surface area contributed by atoms with Gasteiger partial charge < -0.3 is 24.4 Å². The molecule has 2 aromatic carbocycles. The zero-order chi connectivity index (χ0) is 25.4. The summed E-state index contributed by atoms with van der Waals surface area (Å²) in [5.74, 6) is -0.415. The number of anilines is 1. The van der Waals surface area contributed by atoms with Crippen LogP contribution in [0.2, 0.25) is 0 Å². The average Bonchev–Trinajstić information content (AvgIpc) is 2.90. The van der Waals surface area contributed by atoms with E-state index < -0.39 is 17.9 Å². The molecule has 1 fully saturated rings. The second-order valence-corrected chi connectivity index (χ2v) is 8.48. The molecule has 188 valence electrons. The van der Waals surface area contributed by atoms with Crippen LogP contribution >= 0.6 is 0 Å². The zero-order valence-electron chi connectivity index (χ0n) is 20.8. The molecule has 2 atom stereocenters. The van der Waals surface area contributed by atoms with E-state index in [1.54, 1.807) is 49.5 Å². The molecule has 8 heteroatoms. The first kappa shape index (κ1) is 26.1. The standard InChI is InChI=1S/C27H34N2O6/c1-5-18(6-2)28-24(30)17-35-27(32)22-15-16-25(31)29(19-11-13-20(33-3)14-12-19)26(22)21-9-7-8-10-23(21)34-4/h7-14,18,22,26H,5-6,15-17H2,1-4H3,(H,28,30). The summed E-state index contributed by atoms with van der Waals surface area (Å²) in [5, 5.41) is 2.88. The summed E-state index contributed by atoms with van der Waals surface area (Å²) in [7, 11) is 3.13. The number of esters is 1. The lowest BCUT2D eigenvalue weighted by molar-refractivity contribution is -0.154. The van der Waals surface area contributed by atoms with Gasteiger partial charge in [0.1, 0.15) is 11.5 Å². The molecule has 0 aromatic heterocycles. The van der Waals surface area contributed by atoms with Gasteiger partial charge in [0.15, 0.2) is 6.61 Å². The van der Waals surface area contributed by atoms with Gasteiger partial charge in [-0.25, -0.2) is 0 Å². The van der Waals surface area contributed by atoms with Gasteiger partial charge in [0.25, 0.3) is 5.91 Å². The normalized spacial score (nSPS) is 17.7. The number of piperidine rings is 1. The first-order valence-electron chi connectivity index (χ1n) is 12.0. The minimum Gasteiger partial charge on any atom is -0.497 e. The summed E-state index contributed by atoms with van der Waals surface area (Å²) < 4.78 is 16.3. The average molecular weight is 483 g/mol. The molecule has 0 radical (unpaired) electrons.